The van der Waals surface area contributed by atoms with Crippen molar-refractivity contribution in [3.8, 4) is 0 Å². The fraction of sp³-hybridized carbons (Fsp3) is 0.571. The van der Waals surface area contributed by atoms with E-state index in [1.807, 2.05) is 19.9 Å². The lowest BCUT2D eigenvalue weighted by Gasteiger charge is -2.28. The molecule has 0 saturated carbocycles. The van der Waals surface area contributed by atoms with Gasteiger partial charge in [0.15, 0.2) is 0 Å². The highest BCUT2D eigenvalue weighted by molar-refractivity contribution is 5.32. The Labute approximate surface area is 103 Å². The summed E-state index contributed by atoms with van der Waals surface area (Å²) < 4.78 is 13.6. The van der Waals surface area contributed by atoms with Crippen LogP contribution in [0.4, 0.5) is 4.39 Å². The third-order valence-electron chi connectivity index (χ3n) is 3.49. The van der Waals surface area contributed by atoms with Crippen LogP contribution in [0.5, 0.6) is 0 Å². The van der Waals surface area contributed by atoms with Crippen molar-refractivity contribution >= 4 is 0 Å². The molecule has 1 aliphatic rings. The Morgan fingerprint density at radius 3 is 2.59 bits per heavy atom. The smallest absolute Gasteiger partial charge is 0.126 e. The summed E-state index contributed by atoms with van der Waals surface area (Å²) >= 11 is 0. The highest BCUT2D eigenvalue weighted by Gasteiger charge is 2.12. The topological polar surface area (TPSA) is 15.3 Å². The zero-order chi connectivity index (χ0) is 12.3. The molecule has 2 rings (SSSR count). The molecule has 0 amide bonds. The Hall–Kier alpha value is -0.930. The zero-order valence-electron chi connectivity index (χ0n) is 10.7. The van der Waals surface area contributed by atoms with Gasteiger partial charge in [0.2, 0.25) is 0 Å². The Morgan fingerprint density at radius 2 is 1.94 bits per heavy atom. The summed E-state index contributed by atoms with van der Waals surface area (Å²) in [6.07, 6.45) is 0.765. The standard InChI is InChI=1S/C14H21FN2/c1-3-12-9-13(11(2)8-14(12)15)10-17-6-4-16-5-7-17/h8-9,16H,3-7,10H2,1-2H3. The van der Waals surface area contributed by atoms with Crippen molar-refractivity contribution in [3.63, 3.8) is 0 Å². The average molecular weight is 236 g/mol. The second kappa shape index (κ2) is 5.61. The summed E-state index contributed by atoms with van der Waals surface area (Å²) in [5.74, 6) is -0.0611. The highest BCUT2D eigenvalue weighted by atomic mass is 19.1. The second-order valence-corrected chi connectivity index (χ2v) is 4.75. The third-order valence-corrected chi connectivity index (χ3v) is 3.49. The van der Waals surface area contributed by atoms with Gasteiger partial charge in [-0.05, 0) is 36.1 Å². The van der Waals surface area contributed by atoms with Crippen molar-refractivity contribution in [2.24, 2.45) is 0 Å². The maximum atomic E-state index is 13.6. The molecule has 0 aliphatic carbocycles. The second-order valence-electron chi connectivity index (χ2n) is 4.75. The first-order valence-corrected chi connectivity index (χ1v) is 6.41. The van der Waals surface area contributed by atoms with E-state index in [2.05, 4.69) is 10.2 Å². The zero-order valence-corrected chi connectivity index (χ0v) is 10.7. The van der Waals surface area contributed by atoms with Crippen molar-refractivity contribution in [2.75, 3.05) is 26.2 Å². The van der Waals surface area contributed by atoms with Gasteiger partial charge >= 0.3 is 0 Å². The van der Waals surface area contributed by atoms with Crippen molar-refractivity contribution in [2.45, 2.75) is 26.8 Å². The van der Waals surface area contributed by atoms with Crippen molar-refractivity contribution in [3.05, 3.63) is 34.6 Å². The number of hydrogen-bond donors (Lipinski definition) is 1. The molecule has 0 unspecified atom stereocenters. The number of halogens is 1. The molecule has 1 fully saturated rings. The van der Waals surface area contributed by atoms with Crippen molar-refractivity contribution in [1.29, 1.82) is 0 Å². The van der Waals surface area contributed by atoms with Crippen LogP contribution in [-0.4, -0.2) is 31.1 Å². The Bertz CT molecular complexity index is 384. The van der Waals surface area contributed by atoms with E-state index in [1.165, 1.54) is 5.56 Å². The summed E-state index contributed by atoms with van der Waals surface area (Å²) in [5, 5.41) is 3.35. The lowest BCUT2D eigenvalue weighted by atomic mass is 10.0. The van der Waals surface area contributed by atoms with Gasteiger partial charge in [-0.1, -0.05) is 13.0 Å². The van der Waals surface area contributed by atoms with Gasteiger partial charge in [0.05, 0.1) is 0 Å². The lowest BCUT2D eigenvalue weighted by molar-refractivity contribution is 0.232. The summed E-state index contributed by atoms with van der Waals surface area (Å²) in [7, 11) is 0. The molecule has 1 N–H and O–H groups in total. The van der Waals surface area contributed by atoms with E-state index in [9.17, 15) is 4.39 Å². The SMILES string of the molecule is CCc1cc(CN2CCNCC2)c(C)cc1F. The molecular weight excluding hydrogens is 215 g/mol. The minimum Gasteiger partial charge on any atom is -0.314 e. The maximum absolute atomic E-state index is 13.6. The molecule has 0 radical (unpaired) electrons. The van der Waals surface area contributed by atoms with E-state index in [1.54, 1.807) is 6.07 Å². The van der Waals surface area contributed by atoms with E-state index in [0.29, 0.717) is 0 Å². The van der Waals surface area contributed by atoms with Gasteiger partial charge in [0.1, 0.15) is 5.82 Å². The highest BCUT2D eigenvalue weighted by Crippen LogP contribution is 2.18. The molecule has 1 aromatic carbocycles. The Kier molecular flexibility index (Phi) is 4.13. The van der Waals surface area contributed by atoms with Gasteiger partial charge in [-0.25, -0.2) is 4.39 Å². The van der Waals surface area contributed by atoms with Crippen molar-refractivity contribution < 1.29 is 4.39 Å². The largest absolute Gasteiger partial charge is 0.314 e. The van der Waals surface area contributed by atoms with Gasteiger partial charge in [-0.3, -0.25) is 4.90 Å². The average Bonchev–Trinajstić information content (AvgIpc) is 2.34. The van der Waals surface area contributed by atoms with Crippen LogP contribution < -0.4 is 5.32 Å². The summed E-state index contributed by atoms with van der Waals surface area (Å²) in [5.41, 5.74) is 3.17. The first-order chi connectivity index (χ1) is 8.20. The quantitative estimate of drug-likeness (QED) is 0.864. The number of piperazine rings is 1. The van der Waals surface area contributed by atoms with Crippen molar-refractivity contribution in [1.82, 2.24) is 10.2 Å². The molecule has 94 valence electrons. The summed E-state index contributed by atoms with van der Waals surface area (Å²) in [4.78, 5) is 2.43. The molecule has 0 atom stereocenters. The molecule has 1 saturated heterocycles. The summed E-state index contributed by atoms with van der Waals surface area (Å²) in [6.45, 7) is 9.22. The molecule has 0 aromatic heterocycles. The molecule has 3 heteroatoms. The monoisotopic (exact) mass is 236 g/mol. The van der Waals surface area contributed by atoms with Gasteiger partial charge in [0, 0.05) is 32.7 Å². The normalized spacial score (nSPS) is 17.4. The maximum Gasteiger partial charge on any atom is 0.126 e. The predicted molar refractivity (Wildman–Crippen MR) is 68.7 cm³/mol. The molecule has 0 spiro atoms. The first-order valence-electron chi connectivity index (χ1n) is 6.41. The number of nitrogens with one attached hydrogen (secondary N) is 1. The Morgan fingerprint density at radius 1 is 1.24 bits per heavy atom. The van der Waals surface area contributed by atoms with Crippen LogP contribution in [0.25, 0.3) is 0 Å². The fourth-order valence-corrected chi connectivity index (χ4v) is 2.32. The van der Waals surface area contributed by atoms with Crippen LogP contribution in [0, 0.1) is 12.7 Å². The first kappa shape index (κ1) is 12.5. The Balaban J connectivity index is 2.13. The van der Waals surface area contributed by atoms with Crippen LogP contribution in [0.1, 0.15) is 23.6 Å². The number of nitrogens with zero attached hydrogens (tertiary/aromatic N) is 1. The van der Waals surface area contributed by atoms with Gasteiger partial charge in [0.25, 0.3) is 0 Å². The van der Waals surface area contributed by atoms with E-state index in [-0.39, 0.29) is 5.82 Å². The molecule has 17 heavy (non-hydrogen) atoms. The number of hydrogen-bond acceptors (Lipinski definition) is 2. The van der Waals surface area contributed by atoms with Crippen LogP contribution in [0.3, 0.4) is 0 Å². The van der Waals surface area contributed by atoms with Gasteiger partial charge in [-0.15, -0.1) is 0 Å². The van der Waals surface area contributed by atoms with Crippen LogP contribution in [0.2, 0.25) is 0 Å². The van der Waals surface area contributed by atoms with E-state index in [0.717, 1.165) is 50.3 Å². The van der Waals surface area contributed by atoms with Crippen LogP contribution >= 0.6 is 0 Å². The molecule has 1 aromatic rings. The van der Waals surface area contributed by atoms with Crippen LogP contribution in [0.15, 0.2) is 12.1 Å². The van der Waals surface area contributed by atoms with E-state index < -0.39 is 0 Å². The fourth-order valence-electron chi connectivity index (χ4n) is 2.32. The third kappa shape index (κ3) is 3.05. The molecule has 1 aliphatic heterocycles. The van der Waals surface area contributed by atoms with Crippen LogP contribution in [-0.2, 0) is 13.0 Å². The van der Waals surface area contributed by atoms with Gasteiger partial charge in [-0.2, -0.15) is 0 Å². The van der Waals surface area contributed by atoms with Gasteiger partial charge < -0.3 is 5.32 Å². The predicted octanol–water partition coefficient (Wildman–Crippen LogP) is 2.10. The van der Waals surface area contributed by atoms with E-state index >= 15 is 0 Å². The lowest BCUT2D eigenvalue weighted by Crippen LogP contribution is -2.43. The minimum atomic E-state index is -0.0611. The molecular formula is C14H21FN2. The number of rotatable bonds is 3. The molecule has 0 bridgehead atoms. The number of aryl methyl sites for hydroxylation is 2. The molecule has 1 heterocycles. The minimum absolute atomic E-state index is 0.0611. The summed E-state index contributed by atoms with van der Waals surface area (Å²) in [6, 6.07) is 3.71. The van der Waals surface area contributed by atoms with E-state index in [4.69, 9.17) is 0 Å². The molecule has 2 nitrogen and oxygen atoms in total. The number of benzene rings is 1.